The molecule has 1 aliphatic carbocycles. The lowest BCUT2D eigenvalue weighted by Gasteiger charge is -2.30. The van der Waals surface area contributed by atoms with E-state index in [2.05, 4.69) is 22.0 Å². The van der Waals surface area contributed by atoms with Crippen LogP contribution in [-0.2, 0) is 9.53 Å². The average molecular weight is 251 g/mol. The van der Waals surface area contributed by atoms with E-state index in [1.54, 1.807) is 7.11 Å². The van der Waals surface area contributed by atoms with Crippen molar-refractivity contribution in [2.24, 2.45) is 5.92 Å². The molecule has 3 N–H and O–H groups in total. The molecule has 1 amide bonds. The Hall–Kier alpha value is -0.910. The van der Waals surface area contributed by atoms with Crippen LogP contribution in [0.1, 0.15) is 19.3 Å². The molecule has 0 aromatic carbocycles. The third-order valence-electron chi connectivity index (χ3n) is 4.35. The monoisotopic (exact) mass is 251 g/mol. The third-order valence-corrected chi connectivity index (χ3v) is 4.35. The van der Waals surface area contributed by atoms with E-state index in [1.165, 1.54) is 0 Å². The van der Waals surface area contributed by atoms with Crippen molar-refractivity contribution >= 4 is 5.91 Å². The summed E-state index contributed by atoms with van der Waals surface area (Å²) in [6, 6.07) is 0.608. The lowest BCUT2D eigenvalue weighted by molar-refractivity contribution is -0.116. The van der Waals surface area contributed by atoms with Crippen molar-refractivity contribution in [1.29, 1.82) is 0 Å². The average Bonchev–Trinajstić information content (AvgIpc) is 2.99. The molecule has 0 aromatic heterocycles. The van der Waals surface area contributed by atoms with Crippen LogP contribution in [-0.4, -0.2) is 44.4 Å². The molecule has 0 radical (unpaired) electrons. The lowest BCUT2D eigenvalue weighted by Crippen LogP contribution is -2.36. The number of nitrogens with one attached hydrogen (secondary N) is 3. The largest absolute Gasteiger partial charge is 0.381 e. The van der Waals surface area contributed by atoms with Gasteiger partial charge in [-0.1, -0.05) is 6.08 Å². The standard InChI is InChI=1S/C13H21N3O2/c1-18-9-2-3-12-10(5-9)11(13(17)16-12)4-8-6-14-7-15-8/h4,8-10,12,14-15H,2-3,5-7H2,1H3,(H,16,17)/b11-4-. The number of methoxy groups -OCH3 is 1. The molecule has 5 nitrogen and oxygen atoms in total. The summed E-state index contributed by atoms with van der Waals surface area (Å²) in [6.45, 7) is 1.73. The zero-order valence-electron chi connectivity index (χ0n) is 10.7. The van der Waals surface area contributed by atoms with Gasteiger partial charge in [0, 0.05) is 43.9 Å². The molecule has 5 heteroatoms. The minimum absolute atomic E-state index is 0.121. The number of carbonyl (C=O) groups excluding carboxylic acids is 1. The van der Waals surface area contributed by atoms with E-state index < -0.39 is 0 Å². The second-order valence-electron chi connectivity index (χ2n) is 5.42. The SMILES string of the molecule is COC1CCC2NC(=O)/C(=C\C3CNCN3)C2C1. The van der Waals surface area contributed by atoms with Gasteiger partial charge in [-0.05, 0) is 19.3 Å². The number of carbonyl (C=O) groups is 1. The number of ether oxygens (including phenoxy) is 1. The molecule has 2 aliphatic heterocycles. The molecule has 2 saturated heterocycles. The summed E-state index contributed by atoms with van der Waals surface area (Å²) >= 11 is 0. The molecule has 4 atom stereocenters. The maximum Gasteiger partial charge on any atom is 0.247 e. The molecule has 2 heterocycles. The Morgan fingerprint density at radius 1 is 1.39 bits per heavy atom. The summed E-state index contributed by atoms with van der Waals surface area (Å²) in [6.07, 6.45) is 5.46. The van der Waals surface area contributed by atoms with Gasteiger partial charge in [0.05, 0.1) is 6.10 Å². The zero-order valence-corrected chi connectivity index (χ0v) is 10.7. The van der Waals surface area contributed by atoms with Crippen LogP contribution in [0.15, 0.2) is 11.6 Å². The fourth-order valence-corrected chi connectivity index (χ4v) is 3.32. The number of rotatable bonds is 2. The third kappa shape index (κ3) is 2.18. The van der Waals surface area contributed by atoms with Crippen LogP contribution < -0.4 is 16.0 Å². The summed E-state index contributed by atoms with van der Waals surface area (Å²) in [4.78, 5) is 12.1. The molecular formula is C13H21N3O2. The number of hydrogen-bond acceptors (Lipinski definition) is 4. The summed E-state index contributed by atoms with van der Waals surface area (Å²) in [5.74, 6) is 0.453. The maximum absolute atomic E-state index is 12.1. The van der Waals surface area contributed by atoms with Gasteiger partial charge in [-0.3, -0.25) is 10.1 Å². The van der Waals surface area contributed by atoms with E-state index >= 15 is 0 Å². The predicted molar refractivity (Wildman–Crippen MR) is 67.9 cm³/mol. The Bertz CT molecular complexity index is 363. The van der Waals surface area contributed by atoms with E-state index in [4.69, 9.17) is 4.74 Å². The molecule has 0 bridgehead atoms. The normalized spacial score (nSPS) is 42.1. The Morgan fingerprint density at radius 3 is 3.00 bits per heavy atom. The van der Waals surface area contributed by atoms with E-state index in [9.17, 15) is 4.79 Å². The Labute approximate surface area is 107 Å². The molecule has 4 unspecified atom stereocenters. The van der Waals surface area contributed by atoms with Crippen molar-refractivity contribution in [2.45, 2.75) is 37.5 Å². The fourth-order valence-electron chi connectivity index (χ4n) is 3.32. The van der Waals surface area contributed by atoms with Crippen molar-refractivity contribution in [3.63, 3.8) is 0 Å². The van der Waals surface area contributed by atoms with E-state index in [0.29, 0.717) is 18.1 Å². The van der Waals surface area contributed by atoms with E-state index in [0.717, 1.165) is 38.0 Å². The summed E-state index contributed by atoms with van der Waals surface area (Å²) in [7, 11) is 1.76. The summed E-state index contributed by atoms with van der Waals surface area (Å²) in [5, 5.41) is 9.68. The van der Waals surface area contributed by atoms with Gasteiger partial charge < -0.3 is 15.4 Å². The van der Waals surface area contributed by atoms with Crippen LogP contribution in [0.5, 0.6) is 0 Å². The Balaban J connectivity index is 1.77. The molecule has 0 aromatic rings. The second-order valence-corrected chi connectivity index (χ2v) is 5.42. The Kier molecular flexibility index (Phi) is 3.37. The van der Waals surface area contributed by atoms with Crippen LogP contribution >= 0.6 is 0 Å². The molecular weight excluding hydrogens is 230 g/mol. The highest BCUT2D eigenvalue weighted by atomic mass is 16.5. The zero-order chi connectivity index (χ0) is 12.5. The van der Waals surface area contributed by atoms with E-state index in [1.807, 2.05) is 0 Å². The maximum atomic E-state index is 12.1. The van der Waals surface area contributed by atoms with Gasteiger partial charge in [0.25, 0.3) is 0 Å². The summed E-state index contributed by atoms with van der Waals surface area (Å²) in [5.41, 5.74) is 0.961. The molecule has 1 saturated carbocycles. The molecule has 3 aliphatic rings. The quantitative estimate of drug-likeness (QED) is 0.592. The highest BCUT2D eigenvalue weighted by Gasteiger charge is 2.41. The van der Waals surface area contributed by atoms with Gasteiger partial charge in [-0.25, -0.2) is 0 Å². The van der Waals surface area contributed by atoms with Crippen molar-refractivity contribution in [2.75, 3.05) is 20.3 Å². The van der Waals surface area contributed by atoms with Gasteiger partial charge in [0.2, 0.25) is 5.91 Å². The van der Waals surface area contributed by atoms with Crippen LogP contribution in [0.2, 0.25) is 0 Å². The first kappa shape index (κ1) is 12.1. The first-order valence-corrected chi connectivity index (χ1v) is 6.77. The van der Waals surface area contributed by atoms with E-state index in [-0.39, 0.29) is 11.9 Å². The first-order valence-electron chi connectivity index (χ1n) is 6.77. The smallest absolute Gasteiger partial charge is 0.247 e. The molecule has 18 heavy (non-hydrogen) atoms. The second kappa shape index (κ2) is 4.99. The lowest BCUT2D eigenvalue weighted by atomic mass is 9.81. The number of amides is 1. The van der Waals surface area contributed by atoms with Crippen LogP contribution in [0.3, 0.4) is 0 Å². The first-order chi connectivity index (χ1) is 8.78. The summed E-state index contributed by atoms with van der Waals surface area (Å²) < 4.78 is 5.46. The number of hydrogen-bond donors (Lipinski definition) is 3. The van der Waals surface area contributed by atoms with Gasteiger partial charge in [-0.15, -0.1) is 0 Å². The topological polar surface area (TPSA) is 62.4 Å². The Morgan fingerprint density at radius 2 is 2.28 bits per heavy atom. The van der Waals surface area contributed by atoms with Crippen LogP contribution in [0, 0.1) is 5.92 Å². The molecule has 0 spiro atoms. The molecule has 3 rings (SSSR count). The minimum Gasteiger partial charge on any atom is -0.381 e. The predicted octanol–water partition coefficient (Wildman–Crippen LogP) is -0.255. The molecule has 100 valence electrons. The van der Waals surface area contributed by atoms with Crippen LogP contribution in [0.4, 0.5) is 0 Å². The van der Waals surface area contributed by atoms with Crippen molar-refractivity contribution in [3.05, 3.63) is 11.6 Å². The van der Waals surface area contributed by atoms with Crippen molar-refractivity contribution in [1.82, 2.24) is 16.0 Å². The van der Waals surface area contributed by atoms with Gasteiger partial charge in [-0.2, -0.15) is 0 Å². The van der Waals surface area contributed by atoms with Crippen molar-refractivity contribution < 1.29 is 9.53 Å². The van der Waals surface area contributed by atoms with Crippen LogP contribution in [0.25, 0.3) is 0 Å². The highest BCUT2D eigenvalue weighted by molar-refractivity contribution is 5.97. The fraction of sp³-hybridized carbons (Fsp3) is 0.769. The van der Waals surface area contributed by atoms with Gasteiger partial charge in [0.1, 0.15) is 0 Å². The van der Waals surface area contributed by atoms with Gasteiger partial charge in [0.15, 0.2) is 0 Å². The molecule has 3 fully saturated rings. The van der Waals surface area contributed by atoms with Gasteiger partial charge >= 0.3 is 0 Å². The number of fused-ring (bicyclic) bond motifs is 1. The van der Waals surface area contributed by atoms with Crippen molar-refractivity contribution in [3.8, 4) is 0 Å². The highest BCUT2D eigenvalue weighted by Crippen LogP contribution is 2.36. The minimum atomic E-state index is 0.121.